The first kappa shape index (κ1) is 14.1. The lowest BCUT2D eigenvalue weighted by Crippen LogP contribution is -2.52. The number of likely N-dealkylation sites (tertiary alicyclic amines) is 1. The van der Waals surface area contributed by atoms with E-state index in [1.807, 2.05) is 0 Å². The van der Waals surface area contributed by atoms with Gasteiger partial charge < -0.3 is 20.0 Å². The van der Waals surface area contributed by atoms with Gasteiger partial charge in [-0.2, -0.15) is 0 Å². The van der Waals surface area contributed by atoms with Gasteiger partial charge in [-0.25, -0.2) is 18.0 Å². The van der Waals surface area contributed by atoms with E-state index in [9.17, 15) is 23.1 Å². The van der Waals surface area contributed by atoms with Gasteiger partial charge in [-0.3, -0.25) is 0 Å². The van der Waals surface area contributed by atoms with Crippen LogP contribution in [0.4, 0.5) is 4.79 Å². The first-order valence-corrected chi connectivity index (χ1v) is 7.79. The quantitative estimate of drug-likeness (QED) is 0.599. The number of aliphatic hydroxyl groups is 1. The SMILES string of the molecule is O=C(O)[C@@H]1CC(O)CN1C(=O)N1CCS(=O)(=O)CC1. The number of β-amino-alcohol motifs (C(OH)–C–C–N with tert-alkyl or cyclic N) is 1. The molecule has 0 aromatic rings. The number of nitrogens with zero attached hydrogens (tertiary/aromatic N) is 2. The van der Waals surface area contributed by atoms with Gasteiger partial charge >= 0.3 is 12.0 Å². The number of amides is 2. The summed E-state index contributed by atoms with van der Waals surface area (Å²) in [7, 11) is -3.09. The van der Waals surface area contributed by atoms with Gasteiger partial charge in [-0.15, -0.1) is 0 Å². The van der Waals surface area contributed by atoms with Crippen molar-refractivity contribution in [2.45, 2.75) is 18.6 Å². The topological polar surface area (TPSA) is 115 Å². The lowest BCUT2D eigenvalue weighted by atomic mass is 10.2. The smallest absolute Gasteiger partial charge is 0.326 e. The Morgan fingerprint density at radius 1 is 1.16 bits per heavy atom. The van der Waals surface area contributed by atoms with Crippen LogP contribution in [0.15, 0.2) is 0 Å². The zero-order chi connectivity index (χ0) is 14.2. The van der Waals surface area contributed by atoms with E-state index in [1.54, 1.807) is 0 Å². The molecule has 0 radical (unpaired) electrons. The van der Waals surface area contributed by atoms with E-state index in [0.717, 1.165) is 4.90 Å². The second kappa shape index (κ2) is 4.97. The molecule has 2 saturated heterocycles. The standard InChI is InChI=1S/C10H16N2O6S/c13-7-5-8(9(14)15)12(6-7)10(16)11-1-3-19(17,18)4-2-11/h7-8,13H,1-6H2,(H,14,15)/t7?,8-/m0/s1. The molecule has 19 heavy (non-hydrogen) atoms. The summed E-state index contributed by atoms with van der Waals surface area (Å²) in [5.41, 5.74) is 0. The van der Waals surface area contributed by atoms with Crippen LogP contribution in [-0.4, -0.2) is 83.7 Å². The van der Waals surface area contributed by atoms with Crippen molar-refractivity contribution in [3.05, 3.63) is 0 Å². The van der Waals surface area contributed by atoms with Gasteiger partial charge in [0.15, 0.2) is 9.84 Å². The average Bonchev–Trinajstić information content (AvgIpc) is 2.70. The van der Waals surface area contributed by atoms with Gasteiger partial charge in [0.25, 0.3) is 0 Å². The highest BCUT2D eigenvalue weighted by Crippen LogP contribution is 2.20. The van der Waals surface area contributed by atoms with Crippen molar-refractivity contribution in [3.63, 3.8) is 0 Å². The van der Waals surface area contributed by atoms with Crippen LogP contribution in [0.3, 0.4) is 0 Å². The molecule has 2 N–H and O–H groups in total. The van der Waals surface area contributed by atoms with Gasteiger partial charge in [0.2, 0.25) is 0 Å². The summed E-state index contributed by atoms with van der Waals surface area (Å²) >= 11 is 0. The van der Waals surface area contributed by atoms with E-state index >= 15 is 0 Å². The summed E-state index contributed by atoms with van der Waals surface area (Å²) in [5.74, 6) is -1.37. The number of carbonyl (C=O) groups is 2. The number of aliphatic carboxylic acids is 1. The summed E-state index contributed by atoms with van der Waals surface area (Å²) in [6.45, 7) is 0.110. The summed E-state index contributed by atoms with van der Waals surface area (Å²) in [6.07, 6.45) is -0.841. The van der Waals surface area contributed by atoms with Crippen LogP contribution in [0.2, 0.25) is 0 Å². The predicted molar refractivity (Wildman–Crippen MR) is 64.4 cm³/mol. The zero-order valence-electron chi connectivity index (χ0n) is 10.2. The minimum atomic E-state index is -3.09. The minimum absolute atomic E-state index is 0.00715. The zero-order valence-corrected chi connectivity index (χ0v) is 11.0. The number of hydrogen-bond donors (Lipinski definition) is 2. The van der Waals surface area contributed by atoms with Gasteiger partial charge in [-0.05, 0) is 0 Å². The van der Waals surface area contributed by atoms with Crippen molar-refractivity contribution in [1.29, 1.82) is 0 Å². The number of urea groups is 1. The number of rotatable bonds is 1. The van der Waals surface area contributed by atoms with Crippen LogP contribution in [0.25, 0.3) is 0 Å². The van der Waals surface area contributed by atoms with Crippen LogP contribution in [0, 0.1) is 0 Å². The summed E-state index contributed by atoms with van der Waals surface area (Å²) in [5, 5.41) is 18.5. The molecule has 2 rings (SSSR count). The number of aliphatic hydroxyl groups excluding tert-OH is 1. The number of carboxylic acids is 1. The largest absolute Gasteiger partial charge is 0.480 e. The Bertz CT molecular complexity index is 476. The van der Waals surface area contributed by atoms with E-state index in [-0.39, 0.29) is 37.6 Å². The Morgan fingerprint density at radius 3 is 2.26 bits per heavy atom. The highest BCUT2D eigenvalue weighted by Gasteiger charge is 2.41. The van der Waals surface area contributed by atoms with E-state index in [2.05, 4.69) is 0 Å². The minimum Gasteiger partial charge on any atom is -0.480 e. The Balaban J connectivity index is 2.05. The van der Waals surface area contributed by atoms with Crippen LogP contribution in [0.5, 0.6) is 0 Å². The molecular weight excluding hydrogens is 276 g/mol. The number of carboxylic acid groups (broad SMARTS) is 1. The molecule has 0 spiro atoms. The second-order valence-corrected chi connectivity index (χ2v) is 7.12. The molecular formula is C10H16N2O6S. The van der Waals surface area contributed by atoms with Crippen molar-refractivity contribution in [3.8, 4) is 0 Å². The number of carbonyl (C=O) groups excluding carboxylic acids is 1. The Morgan fingerprint density at radius 2 is 1.74 bits per heavy atom. The lowest BCUT2D eigenvalue weighted by molar-refractivity contribution is -0.141. The Labute approximate surface area is 110 Å². The van der Waals surface area contributed by atoms with Crippen molar-refractivity contribution in [1.82, 2.24) is 9.80 Å². The number of hydrogen-bond acceptors (Lipinski definition) is 5. The third-order valence-corrected chi connectivity index (χ3v) is 5.03. The van der Waals surface area contributed by atoms with E-state index in [1.165, 1.54) is 4.90 Å². The molecule has 2 amide bonds. The van der Waals surface area contributed by atoms with Crippen LogP contribution >= 0.6 is 0 Å². The molecule has 0 aliphatic carbocycles. The Hall–Kier alpha value is -1.35. The van der Waals surface area contributed by atoms with Crippen molar-refractivity contribution < 1.29 is 28.2 Å². The molecule has 0 saturated carbocycles. The normalized spacial score (nSPS) is 30.4. The summed E-state index contributed by atoms with van der Waals surface area (Å²) in [6, 6.07) is -1.56. The molecule has 2 aliphatic rings. The van der Waals surface area contributed by atoms with Gasteiger partial charge in [-0.1, -0.05) is 0 Å². The molecule has 2 atom stereocenters. The average molecular weight is 292 g/mol. The van der Waals surface area contributed by atoms with Crippen LogP contribution in [0.1, 0.15) is 6.42 Å². The molecule has 2 fully saturated rings. The third kappa shape index (κ3) is 2.98. The van der Waals surface area contributed by atoms with Gasteiger partial charge in [0, 0.05) is 26.1 Å². The fraction of sp³-hybridized carbons (Fsp3) is 0.800. The Kier molecular flexibility index (Phi) is 3.68. The van der Waals surface area contributed by atoms with Crippen molar-refractivity contribution in [2.24, 2.45) is 0 Å². The predicted octanol–water partition coefficient (Wildman–Crippen LogP) is -1.64. The van der Waals surface area contributed by atoms with Crippen LogP contribution in [-0.2, 0) is 14.6 Å². The van der Waals surface area contributed by atoms with E-state index < -0.39 is 34.0 Å². The molecule has 0 bridgehead atoms. The van der Waals surface area contributed by atoms with Crippen LogP contribution < -0.4 is 0 Å². The van der Waals surface area contributed by atoms with E-state index in [4.69, 9.17) is 5.11 Å². The molecule has 2 heterocycles. The van der Waals surface area contributed by atoms with Crippen molar-refractivity contribution in [2.75, 3.05) is 31.1 Å². The third-order valence-electron chi connectivity index (χ3n) is 3.42. The first-order valence-electron chi connectivity index (χ1n) is 5.97. The summed E-state index contributed by atoms with van der Waals surface area (Å²) in [4.78, 5) is 25.6. The van der Waals surface area contributed by atoms with Gasteiger partial charge in [0.05, 0.1) is 17.6 Å². The van der Waals surface area contributed by atoms with Crippen molar-refractivity contribution >= 4 is 21.8 Å². The maximum atomic E-state index is 12.2. The van der Waals surface area contributed by atoms with E-state index in [0.29, 0.717) is 0 Å². The molecule has 1 unspecified atom stereocenters. The maximum Gasteiger partial charge on any atom is 0.326 e. The molecule has 108 valence electrons. The first-order chi connectivity index (χ1) is 8.80. The highest BCUT2D eigenvalue weighted by molar-refractivity contribution is 7.91. The monoisotopic (exact) mass is 292 g/mol. The fourth-order valence-corrected chi connectivity index (χ4v) is 3.55. The van der Waals surface area contributed by atoms with Gasteiger partial charge in [0.1, 0.15) is 6.04 Å². The number of sulfone groups is 1. The fourth-order valence-electron chi connectivity index (χ4n) is 2.34. The lowest BCUT2D eigenvalue weighted by Gasteiger charge is -2.32. The summed E-state index contributed by atoms with van der Waals surface area (Å²) < 4.78 is 22.6. The molecule has 8 nitrogen and oxygen atoms in total. The molecule has 9 heteroatoms. The molecule has 0 aromatic heterocycles. The second-order valence-electron chi connectivity index (χ2n) is 4.82. The highest BCUT2D eigenvalue weighted by atomic mass is 32.2. The molecule has 0 aromatic carbocycles. The maximum absolute atomic E-state index is 12.2. The molecule has 2 aliphatic heterocycles.